The van der Waals surface area contributed by atoms with Crippen molar-refractivity contribution in [3.05, 3.63) is 22.2 Å². The molecule has 1 aliphatic heterocycles. The number of hydrogen-bond donors (Lipinski definition) is 1. The molecule has 7 heteroatoms. The van der Waals surface area contributed by atoms with Crippen molar-refractivity contribution in [3.63, 3.8) is 0 Å². The van der Waals surface area contributed by atoms with E-state index in [1.54, 1.807) is 24.0 Å². The van der Waals surface area contributed by atoms with Crippen molar-refractivity contribution in [2.75, 3.05) is 25.5 Å². The van der Waals surface area contributed by atoms with Crippen molar-refractivity contribution >= 4 is 40.7 Å². The molecule has 1 fully saturated rings. The first-order valence-electron chi connectivity index (χ1n) is 7.01. The van der Waals surface area contributed by atoms with Crippen molar-refractivity contribution in [2.24, 2.45) is 5.92 Å². The fourth-order valence-corrected chi connectivity index (χ4v) is 3.12. The molecular weight excluding hydrogens is 327 g/mol. The number of rotatable bonds is 3. The third kappa shape index (κ3) is 3.84. The minimum absolute atomic E-state index is 0.0437. The lowest BCUT2D eigenvalue weighted by atomic mass is 9.96. The van der Waals surface area contributed by atoms with Crippen LogP contribution in [0.4, 0.5) is 5.69 Å². The Morgan fingerprint density at radius 1 is 1.27 bits per heavy atom. The number of likely N-dealkylation sites (tertiary alicyclic amines) is 1. The zero-order valence-corrected chi connectivity index (χ0v) is 14.0. The fourth-order valence-electron chi connectivity index (χ4n) is 2.55. The first-order valence-corrected chi connectivity index (χ1v) is 7.77. The van der Waals surface area contributed by atoms with Gasteiger partial charge >= 0.3 is 0 Å². The highest BCUT2D eigenvalue weighted by molar-refractivity contribution is 6.36. The van der Waals surface area contributed by atoms with Gasteiger partial charge in [0.25, 0.3) is 0 Å². The van der Waals surface area contributed by atoms with Crippen molar-refractivity contribution in [1.29, 1.82) is 0 Å². The molecule has 0 radical (unpaired) electrons. The lowest BCUT2D eigenvalue weighted by Crippen LogP contribution is -2.40. The van der Waals surface area contributed by atoms with Gasteiger partial charge in [0, 0.05) is 31.0 Å². The number of methoxy groups -OCH3 is 1. The van der Waals surface area contributed by atoms with E-state index in [0.29, 0.717) is 47.4 Å². The van der Waals surface area contributed by atoms with Gasteiger partial charge in [0.2, 0.25) is 11.8 Å². The molecule has 1 aliphatic rings. The number of amides is 2. The normalized spacial score (nSPS) is 15.5. The van der Waals surface area contributed by atoms with Gasteiger partial charge in [0.1, 0.15) is 0 Å². The van der Waals surface area contributed by atoms with Crippen LogP contribution in [-0.4, -0.2) is 36.9 Å². The molecule has 2 rings (SSSR count). The Morgan fingerprint density at radius 3 is 2.45 bits per heavy atom. The summed E-state index contributed by atoms with van der Waals surface area (Å²) in [4.78, 5) is 25.4. The summed E-state index contributed by atoms with van der Waals surface area (Å²) >= 11 is 12.0. The Balaban J connectivity index is 2.05. The first kappa shape index (κ1) is 16.9. The average molecular weight is 345 g/mol. The van der Waals surface area contributed by atoms with Crippen LogP contribution < -0.4 is 10.1 Å². The Morgan fingerprint density at radius 2 is 1.91 bits per heavy atom. The van der Waals surface area contributed by atoms with Crippen LogP contribution in [0.5, 0.6) is 5.75 Å². The van der Waals surface area contributed by atoms with Crippen molar-refractivity contribution < 1.29 is 14.3 Å². The van der Waals surface area contributed by atoms with Gasteiger partial charge in [-0.2, -0.15) is 0 Å². The molecule has 0 atom stereocenters. The summed E-state index contributed by atoms with van der Waals surface area (Å²) in [5, 5.41) is 3.59. The maximum atomic E-state index is 12.4. The number of hydrogen-bond acceptors (Lipinski definition) is 3. The second-order valence-corrected chi connectivity index (χ2v) is 6.08. The fraction of sp³-hybridized carbons (Fsp3) is 0.467. The van der Waals surface area contributed by atoms with Gasteiger partial charge in [-0.25, -0.2) is 0 Å². The zero-order valence-electron chi connectivity index (χ0n) is 12.5. The molecule has 5 nitrogen and oxygen atoms in total. The van der Waals surface area contributed by atoms with Gasteiger partial charge in [-0.1, -0.05) is 23.2 Å². The minimum Gasteiger partial charge on any atom is -0.493 e. The second kappa shape index (κ2) is 7.20. The van der Waals surface area contributed by atoms with Gasteiger partial charge < -0.3 is 15.0 Å². The van der Waals surface area contributed by atoms with Crippen LogP contribution >= 0.6 is 23.2 Å². The molecule has 1 aromatic carbocycles. The van der Waals surface area contributed by atoms with Crippen LogP contribution in [0.15, 0.2) is 12.1 Å². The smallest absolute Gasteiger partial charge is 0.227 e. The van der Waals surface area contributed by atoms with E-state index in [1.165, 1.54) is 7.11 Å². The van der Waals surface area contributed by atoms with Gasteiger partial charge in [-0.05, 0) is 25.0 Å². The molecule has 2 amide bonds. The molecule has 0 saturated carbocycles. The standard InChI is InChI=1S/C15H18Cl2N2O3/c1-9(20)19-5-3-10(4-6-19)15(21)18-13-8-11(16)7-12(17)14(13)22-2/h7-8,10H,3-6H2,1-2H3,(H,18,21). The molecular formula is C15H18Cl2N2O3. The van der Waals surface area contributed by atoms with Crippen LogP contribution in [-0.2, 0) is 9.59 Å². The predicted octanol–water partition coefficient (Wildman–Crippen LogP) is 3.20. The number of ether oxygens (including phenoxy) is 1. The van der Waals surface area contributed by atoms with E-state index in [0.717, 1.165) is 0 Å². The van der Waals surface area contributed by atoms with Crippen LogP contribution in [0.3, 0.4) is 0 Å². The van der Waals surface area contributed by atoms with E-state index >= 15 is 0 Å². The van der Waals surface area contributed by atoms with Gasteiger partial charge in [0.05, 0.1) is 17.8 Å². The average Bonchev–Trinajstić information content (AvgIpc) is 2.47. The predicted molar refractivity (Wildman–Crippen MR) is 86.6 cm³/mol. The number of carbonyl (C=O) groups excluding carboxylic acids is 2. The van der Waals surface area contributed by atoms with Crippen LogP contribution in [0.1, 0.15) is 19.8 Å². The molecule has 0 aromatic heterocycles. The van der Waals surface area contributed by atoms with Crippen LogP contribution in [0, 0.1) is 5.92 Å². The molecule has 120 valence electrons. The maximum absolute atomic E-state index is 12.4. The Labute approximate surface area is 139 Å². The lowest BCUT2D eigenvalue weighted by Gasteiger charge is -2.30. The molecule has 1 saturated heterocycles. The second-order valence-electron chi connectivity index (χ2n) is 5.24. The largest absolute Gasteiger partial charge is 0.493 e. The van der Waals surface area contributed by atoms with Crippen molar-refractivity contribution in [1.82, 2.24) is 4.90 Å². The first-order chi connectivity index (χ1) is 10.4. The van der Waals surface area contributed by atoms with Crippen LogP contribution in [0.2, 0.25) is 10.0 Å². The number of anilines is 1. The molecule has 0 spiro atoms. The van der Waals surface area contributed by atoms with E-state index < -0.39 is 0 Å². The summed E-state index contributed by atoms with van der Waals surface area (Å²) < 4.78 is 5.21. The Bertz CT molecular complexity index is 584. The van der Waals surface area contributed by atoms with Crippen molar-refractivity contribution in [2.45, 2.75) is 19.8 Å². The number of halogens is 2. The number of piperidine rings is 1. The minimum atomic E-state index is -0.141. The summed E-state index contributed by atoms with van der Waals surface area (Å²) in [6.07, 6.45) is 1.28. The summed E-state index contributed by atoms with van der Waals surface area (Å²) in [5.74, 6) is 0.181. The quantitative estimate of drug-likeness (QED) is 0.915. The molecule has 0 unspecified atom stereocenters. The van der Waals surface area contributed by atoms with E-state index in [9.17, 15) is 9.59 Å². The monoisotopic (exact) mass is 344 g/mol. The Kier molecular flexibility index (Phi) is 5.53. The zero-order chi connectivity index (χ0) is 16.3. The number of benzene rings is 1. The highest BCUT2D eigenvalue weighted by atomic mass is 35.5. The van der Waals surface area contributed by atoms with E-state index in [2.05, 4.69) is 5.32 Å². The number of nitrogens with zero attached hydrogens (tertiary/aromatic N) is 1. The van der Waals surface area contributed by atoms with Crippen molar-refractivity contribution in [3.8, 4) is 5.75 Å². The topological polar surface area (TPSA) is 58.6 Å². The Hall–Kier alpha value is -1.46. The third-order valence-electron chi connectivity index (χ3n) is 3.78. The summed E-state index contributed by atoms with van der Waals surface area (Å²) in [5.41, 5.74) is 0.457. The molecule has 1 N–H and O–H groups in total. The van der Waals surface area contributed by atoms with Gasteiger partial charge in [-0.15, -0.1) is 0 Å². The lowest BCUT2D eigenvalue weighted by molar-refractivity contribution is -0.132. The molecule has 1 heterocycles. The molecule has 0 bridgehead atoms. The summed E-state index contributed by atoms with van der Waals surface area (Å²) in [6, 6.07) is 3.16. The molecule has 0 aliphatic carbocycles. The highest BCUT2D eigenvalue weighted by Crippen LogP contribution is 2.36. The number of carbonyl (C=O) groups is 2. The molecule has 1 aromatic rings. The number of nitrogens with one attached hydrogen (secondary N) is 1. The maximum Gasteiger partial charge on any atom is 0.227 e. The third-order valence-corrected chi connectivity index (χ3v) is 4.28. The van der Waals surface area contributed by atoms with Gasteiger partial charge in [-0.3, -0.25) is 9.59 Å². The highest BCUT2D eigenvalue weighted by Gasteiger charge is 2.26. The summed E-state index contributed by atoms with van der Waals surface area (Å²) in [6.45, 7) is 2.74. The summed E-state index contributed by atoms with van der Waals surface area (Å²) in [7, 11) is 1.48. The SMILES string of the molecule is COc1c(Cl)cc(Cl)cc1NC(=O)C1CCN(C(C)=O)CC1. The van der Waals surface area contributed by atoms with Crippen LogP contribution in [0.25, 0.3) is 0 Å². The molecule has 22 heavy (non-hydrogen) atoms. The van der Waals surface area contributed by atoms with E-state index in [-0.39, 0.29) is 17.7 Å². The van der Waals surface area contributed by atoms with Gasteiger partial charge in [0.15, 0.2) is 5.75 Å². The van der Waals surface area contributed by atoms with E-state index in [4.69, 9.17) is 27.9 Å². The van der Waals surface area contributed by atoms with E-state index in [1.807, 2.05) is 0 Å².